The van der Waals surface area contributed by atoms with Crippen LogP contribution in [0, 0.1) is 22.7 Å². The van der Waals surface area contributed by atoms with E-state index >= 15 is 0 Å². The summed E-state index contributed by atoms with van der Waals surface area (Å²) in [6, 6.07) is 18.2. The monoisotopic (exact) mass is 866 g/mol. The van der Waals surface area contributed by atoms with Crippen molar-refractivity contribution in [1.82, 2.24) is 9.80 Å². The lowest BCUT2D eigenvalue weighted by Crippen LogP contribution is -2.32. The van der Waals surface area contributed by atoms with E-state index in [1.54, 1.807) is 48.2 Å². The van der Waals surface area contributed by atoms with Gasteiger partial charge in [0.25, 0.3) is 0 Å². The third-order valence-corrected chi connectivity index (χ3v) is 9.37. The van der Waals surface area contributed by atoms with Crippen LogP contribution in [0.2, 0.25) is 0 Å². The molecule has 2 rings (SSSR count). The predicted octanol–water partition coefficient (Wildman–Crippen LogP) is 5.27. The molecular weight excluding hydrogens is 809 g/mol. The van der Waals surface area contributed by atoms with E-state index in [1.165, 1.54) is 26.0 Å². The molecule has 2 aromatic rings. The molecular formula is C47H58N6O10. The van der Waals surface area contributed by atoms with Crippen LogP contribution in [0.3, 0.4) is 0 Å². The summed E-state index contributed by atoms with van der Waals surface area (Å²) < 4.78 is 19.8. The van der Waals surface area contributed by atoms with E-state index in [1.807, 2.05) is 60.3 Å². The van der Waals surface area contributed by atoms with E-state index in [0.717, 1.165) is 11.4 Å². The first-order chi connectivity index (χ1) is 30.0. The average molecular weight is 867 g/mol. The van der Waals surface area contributed by atoms with Gasteiger partial charge < -0.3 is 38.5 Å². The van der Waals surface area contributed by atoms with Gasteiger partial charge in [-0.25, -0.2) is 19.2 Å². The number of hydrogen-bond donors (Lipinski definition) is 0. The number of ether oxygens (including phenoxy) is 4. The number of esters is 4. The van der Waals surface area contributed by atoms with Crippen LogP contribution in [0.25, 0.3) is 12.2 Å². The minimum Gasteiger partial charge on any atom is -0.459 e. The molecule has 0 aliphatic rings. The highest BCUT2D eigenvalue weighted by Crippen LogP contribution is 2.18. The molecule has 0 fully saturated rings. The number of anilines is 2. The van der Waals surface area contributed by atoms with Gasteiger partial charge in [0.1, 0.15) is 49.7 Å². The molecule has 2 amide bonds. The first kappa shape index (κ1) is 51.9. The second-order valence-corrected chi connectivity index (χ2v) is 14.7. The highest BCUT2D eigenvalue weighted by Gasteiger charge is 2.16. The van der Waals surface area contributed by atoms with E-state index in [0.29, 0.717) is 56.6 Å². The Morgan fingerprint density at radius 1 is 0.524 bits per heavy atom. The van der Waals surface area contributed by atoms with Gasteiger partial charge in [-0.2, -0.15) is 10.5 Å². The lowest BCUT2D eigenvalue weighted by molar-refractivity contribution is -0.147. The summed E-state index contributed by atoms with van der Waals surface area (Å²) in [5.41, 5.74) is 3.14. The summed E-state index contributed by atoms with van der Waals surface area (Å²) >= 11 is 0. The molecule has 0 N–H and O–H groups in total. The van der Waals surface area contributed by atoms with Crippen molar-refractivity contribution in [1.29, 1.82) is 10.5 Å². The van der Waals surface area contributed by atoms with Crippen LogP contribution in [-0.2, 0) is 47.7 Å². The van der Waals surface area contributed by atoms with Crippen LogP contribution in [0.1, 0.15) is 57.1 Å². The summed E-state index contributed by atoms with van der Waals surface area (Å²) in [4.78, 5) is 80.4. The zero-order valence-electron chi connectivity index (χ0n) is 37.1. The van der Waals surface area contributed by atoms with Crippen molar-refractivity contribution < 1.29 is 47.7 Å². The smallest absolute Gasteiger partial charge is 0.349 e. The number of nitriles is 2. The van der Waals surface area contributed by atoms with Crippen molar-refractivity contribution in [2.45, 2.75) is 46.0 Å². The van der Waals surface area contributed by atoms with Crippen LogP contribution in [0.4, 0.5) is 11.4 Å². The maximum Gasteiger partial charge on any atom is 0.349 e. The quantitative estimate of drug-likeness (QED) is 0.0390. The number of rotatable bonds is 26. The molecule has 2 aromatic carbocycles. The third kappa shape index (κ3) is 19.4. The van der Waals surface area contributed by atoms with E-state index < -0.39 is 23.9 Å². The Hall–Kier alpha value is -7.20. The molecule has 0 spiro atoms. The number of benzene rings is 2. The minimum atomic E-state index is -0.825. The summed E-state index contributed by atoms with van der Waals surface area (Å²) in [6.45, 7) is 11.7. The van der Waals surface area contributed by atoms with Gasteiger partial charge in [0, 0.05) is 89.7 Å². The van der Waals surface area contributed by atoms with Crippen molar-refractivity contribution >= 4 is 59.2 Å². The zero-order chi connectivity index (χ0) is 46.9. The first-order valence-corrected chi connectivity index (χ1v) is 20.3. The van der Waals surface area contributed by atoms with Crippen molar-refractivity contribution in [3.63, 3.8) is 0 Å². The van der Waals surface area contributed by atoms with Crippen LogP contribution >= 0.6 is 0 Å². The standard InChI is InChI=1S/C47H58N6O10/c1-34(2)44(56)60-26-28-62-46(58)38(32-48)30-36-14-18-40(19-15-36)50(5)22-10-24-52(7)42(54)12-9-13-43(55)53(8)25-11-23-51(6)41-20-16-37(17-21-41)31-39(33-49)47(59)63-29-27-61-45(57)35(3)4/h14-21,30-31H,1,3,9-13,22-29H2,2,4-8H3. The lowest BCUT2D eigenvalue weighted by atomic mass is 10.1. The van der Waals surface area contributed by atoms with Crippen molar-refractivity contribution in [3.8, 4) is 12.1 Å². The van der Waals surface area contributed by atoms with Crippen LogP contribution in [-0.4, -0.2) is 126 Å². The fraction of sp³-hybridized carbons (Fsp3) is 0.404. The molecule has 0 unspecified atom stereocenters. The van der Waals surface area contributed by atoms with E-state index in [2.05, 4.69) is 13.2 Å². The van der Waals surface area contributed by atoms with Gasteiger partial charge in [-0.15, -0.1) is 0 Å². The Balaban J connectivity index is 1.69. The second-order valence-electron chi connectivity index (χ2n) is 14.7. The van der Waals surface area contributed by atoms with E-state index in [4.69, 9.17) is 18.9 Å². The highest BCUT2D eigenvalue weighted by molar-refractivity contribution is 5.98. The molecule has 0 radical (unpaired) electrons. The molecule has 0 heterocycles. The van der Waals surface area contributed by atoms with Crippen LogP contribution < -0.4 is 9.80 Å². The maximum atomic E-state index is 12.8. The van der Waals surface area contributed by atoms with Gasteiger partial charge in [-0.05, 0) is 80.7 Å². The topological polar surface area (TPSA) is 200 Å². The number of amides is 2. The Bertz CT molecular complexity index is 1930. The van der Waals surface area contributed by atoms with Crippen LogP contribution in [0.5, 0.6) is 0 Å². The van der Waals surface area contributed by atoms with E-state index in [9.17, 15) is 39.3 Å². The van der Waals surface area contributed by atoms with Crippen molar-refractivity contribution in [3.05, 3.63) is 95.1 Å². The Morgan fingerprint density at radius 3 is 1.14 bits per heavy atom. The fourth-order valence-corrected chi connectivity index (χ4v) is 5.57. The van der Waals surface area contributed by atoms with Gasteiger partial charge in [-0.1, -0.05) is 37.4 Å². The van der Waals surface area contributed by atoms with Gasteiger partial charge in [0.15, 0.2) is 0 Å². The van der Waals surface area contributed by atoms with Gasteiger partial charge in [0.05, 0.1) is 0 Å². The summed E-state index contributed by atoms with van der Waals surface area (Å²) in [7, 11) is 7.36. The first-order valence-electron chi connectivity index (χ1n) is 20.3. The highest BCUT2D eigenvalue weighted by atomic mass is 16.6. The largest absolute Gasteiger partial charge is 0.459 e. The van der Waals surface area contributed by atoms with Gasteiger partial charge >= 0.3 is 23.9 Å². The number of carbonyl (C=O) groups is 6. The summed E-state index contributed by atoms with van der Waals surface area (Å²) in [6.07, 6.45) is 5.22. The normalized spacial score (nSPS) is 10.9. The Morgan fingerprint density at radius 2 is 0.841 bits per heavy atom. The summed E-state index contributed by atoms with van der Waals surface area (Å²) in [5.74, 6) is -2.90. The molecule has 0 aromatic heterocycles. The lowest BCUT2D eigenvalue weighted by Gasteiger charge is -2.23. The molecule has 16 nitrogen and oxygen atoms in total. The maximum absolute atomic E-state index is 12.8. The fourth-order valence-electron chi connectivity index (χ4n) is 5.57. The molecule has 0 bridgehead atoms. The Labute approximate surface area is 370 Å². The molecule has 0 saturated carbocycles. The number of carbonyl (C=O) groups excluding carboxylic acids is 6. The zero-order valence-corrected chi connectivity index (χ0v) is 37.1. The molecule has 63 heavy (non-hydrogen) atoms. The van der Waals surface area contributed by atoms with E-state index in [-0.39, 0.29) is 73.4 Å². The SMILES string of the molecule is C=C(C)C(=O)OCCOC(=O)C(C#N)=Cc1ccc(N(C)CCCN(C)C(=O)CCCC(=O)N(C)CCCN(C)c2ccc(C=C(C#N)C(=O)OCCOC(=O)C(=C)C)cc2)cc1. The molecule has 0 atom stereocenters. The van der Waals surface area contributed by atoms with Crippen LogP contribution in [0.15, 0.2) is 84.0 Å². The van der Waals surface area contributed by atoms with Gasteiger partial charge in [0.2, 0.25) is 11.8 Å². The van der Waals surface area contributed by atoms with Crippen molar-refractivity contribution in [2.75, 3.05) is 90.6 Å². The molecule has 0 aliphatic heterocycles. The molecule has 336 valence electrons. The molecule has 0 saturated heterocycles. The van der Waals surface area contributed by atoms with Gasteiger partial charge in [-0.3, -0.25) is 9.59 Å². The third-order valence-electron chi connectivity index (χ3n) is 9.37. The predicted molar refractivity (Wildman–Crippen MR) is 238 cm³/mol. The Kier molecular flexibility index (Phi) is 22.8. The summed E-state index contributed by atoms with van der Waals surface area (Å²) in [5, 5.41) is 18.9. The number of nitrogens with zero attached hydrogens (tertiary/aromatic N) is 6. The minimum absolute atomic E-state index is 0.0327. The number of hydrogen-bond acceptors (Lipinski definition) is 14. The van der Waals surface area contributed by atoms with Crippen molar-refractivity contribution in [2.24, 2.45) is 0 Å². The average Bonchev–Trinajstić information content (AvgIpc) is 3.27. The molecule has 0 aliphatic carbocycles. The molecule has 16 heteroatoms. The second kappa shape index (κ2) is 27.6.